The summed E-state index contributed by atoms with van der Waals surface area (Å²) in [7, 11) is 0. The van der Waals surface area contributed by atoms with E-state index in [1.54, 1.807) is 0 Å². The fourth-order valence-corrected chi connectivity index (χ4v) is 2.84. The van der Waals surface area contributed by atoms with Crippen molar-refractivity contribution in [1.29, 1.82) is 0 Å². The molecule has 3 rings (SSSR count). The maximum Gasteiger partial charge on any atom is 0.164 e. The number of hydrogen-bond acceptors (Lipinski definition) is 4. The maximum absolute atomic E-state index is 6.36. The van der Waals surface area contributed by atoms with Crippen LogP contribution in [0.2, 0.25) is 5.02 Å². The second kappa shape index (κ2) is 4.96. The Morgan fingerprint density at radius 3 is 2.89 bits per heavy atom. The zero-order valence-electron chi connectivity index (χ0n) is 10.3. The van der Waals surface area contributed by atoms with Gasteiger partial charge in [-0.3, -0.25) is 0 Å². The second-order valence-corrected chi connectivity index (χ2v) is 4.89. The number of ether oxygens (including phenoxy) is 3. The zero-order valence-corrected chi connectivity index (χ0v) is 11.0. The van der Waals surface area contributed by atoms with E-state index in [4.69, 9.17) is 25.8 Å². The van der Waals surface area contributed by atoms with Crippen LogP contribution in [0, 0.1) is 6.92 Å². The molecule has 1 fully saturated rings. The third-order valence-corrected chi connectivity index (χ3v) is 3.63. The molecule has 1 atom stereocenters. The van der Waals surface area contributed by atoms with Crippen LogP contribution in [-0.4, -0.2) is 32.9 Å². The van der Waals surface area contributed by atoms with Crippen molar-refractivity contribution in [2.75, 3.05) is 32.9 Å². The second-order valence-electron chi connectivity index (χ2n) is 4.48. The van der Waals surface area contributed by atoms with E-state index in [-0.39, 0.29) is 6.10 Å². The predicted octanol–water partition coefficient (Wildman–Crippen LogP) is 2.08. The van der Waals surface area contributed by atoms with Gasteiger partial charge < -0.3 is 19.5 Å². The molecule has 0 amide bonds. The average molecular weight is 270 g/mol. The van der Waals surface area contributed by atoms with Gasteiger partial charge in [-0.25, -0.2) is 0 Å². The van der Waals surface area contributed by atoms with E-state index >= 15 is 0 Å². The lowest BCUT2D eigenvalue weighted by molar-refractivity contribution is 0.0270. The third kappa shape index (κ3) is 2.05. The van der Waals surface area contributed by atoms with Crippen molar-refractivity contribution >= 4 is 11.6 Å². The molecule has 0 saturated carbocycles. The highest BCUT2D eigenvalue weighted by Gasteiger charge is 2.26. The van der Waals surface area contributed by atoms with Crippen LogP contribution in [0.5, 0.6) is 11.5 Å². The normalized spacial score (nSPS) is 22.9. The lowest BCUT2D eigenvalue weighted by Gasteiger charge is -2.29. The maximum atomic E-state index is 6.36. The summed E-state index contributed by atoms with van der Waals surface area (Å²) in [6.45, 7) is 5.53. The van der Waals surface area contributed by atoms with E-state index in [1.165, 1.54) is 0 Å². The molecule has 0 spiro atoms. The number of morpholine rings is 1. The van der Waals surface area contributed by atoms with Crippen molar-refractivity contribution in [3.05, 3.63) is 22.2 Å². The van der Waals surface area contributed by atoms with E-state index in [1.807, 2.05) is 13.0 Å². The minimum atomic E-state index is -0.0120. The summed E-state index contributed by atoms with van der Waals surface area (Å²) in [5.41, 5.74) is 2.03. The average Bonchev–Trinajstić information content (AvgIpc) is 2.40. The van der Waals surface area contributed by atoms with Gasteiger partial charge in [-0.2, -0.15) is 0 Å². The molecule has 1 aromatic rings. The van der Waals surface area contributed by atoms with E-state index < -0.39 is 0 Å². The van der Waals surface area contributed by atoms with Crippen LogP contribution in [0.25, 0.3) is 0 Å². The Balaban J connectivity index is 2.02. The van der Waals surface area contributed by atoms with Gasteiger partial charge in [-0.15, -0.1) is 0 Å². The standard InChI is InChI=1S/C13H16ClNO3/c1-8-12(11-7-15-2-3-16-11)9(14)6-10-13(8)18-5-4-17-10/h6,11,15H,2-5,7H2,1H3. The molecule has 18 heavy (non-hydrogen) atoms. The molecule has 0 bridgehead atoms. The molecule has 0 aromatic heterocycles. The van der Waals surface area contributed by atoms with Gasteiger partial charge in [-0.05, 0) is 6.92 Å². The van der Waals surface area contributed by atoms with Gasteiger partial charge in [0.05, 0.1) is 17.7 Å². The Labute approximate surface area is 111 Å². The molecule has 98 valence electrons. The van der Waals surface area contributed by atoms with Crippen LogP contribution in [-0.2, 0) is 4.74 Å². The summed E-state index contributed by atoms with van der Waals surface area (Å²) in [4.78, 5) is 0. The van der Waals surface area contributed by atoms with Gasteiger partial charge in [-0.1, -0.05) is 11.6 Å². The molecule has 5 heteroatoms. The Hall–Kier alpha value is -0.970. The summed E-state index contributed by atoms with van der Waals surface area (Å²) in [6, 6.07) is 1.83. The quantitative estimate of drug-likeness (QED) is 0.847. The van der Waals surface area contributed by atoms with Crippen molar-refractivity contribution in [2.45, 2.75) is 13.0 Å². The summed E-state index contributed by atoms with van der Waals surface area (Å²) in [5.74, 6) is 1.53. The van der Waals surface area contributed by atoms with E-state index in [2.05, 4.69) is 5.32 Å². The molecule has 2 heterocycles. The summed E-state index contributed by atoms with van der Waals surface area (Å²) >= 11 is 6.36. The van der Waals surface area contributed by atoms with E-state index in [0.717, 1.165) is 35.7 Å². The van der Waals surface area contributed by atoms with Crippen LogP contribution >= 0.6 is 11.6 Å². The summed E-state index contributed by atoms with van der Waals surface area (Å²) in [6.07, 6.45) is -0.0120. The number of halogens is 1. The van der Waals surface area contributed by atoms with Crippen LogP contribution in [0.3, 0.4) is 0 Å². The van der Waals surface area contributed by atoms with Gasteiger partial charge >= 0.3 is 0 Å². The third-order valence-electron chi connectivity index (χ3n) is 3.32. The number of fused-ring (bicyclic) bond motifs is 1. The minimum Gasteiger partial charge on any atom is -0.486 e. The van der Waals surface area contributed by atoms with Crippen molar-refractivity contribution in [3.63, 3.8) is 0 Å². The lowest BCUT2D eigenvalue weighted by Crippen LogP contribution is -2.34. The predicted molar refractivity (Wildman–Crippen MR) is 68.7 cm³/mol. The number of hydrogen-bond donors (Lipinski definition) is 1. The highest BCUT2D eigenvalue weighted by molar-refractivity contribution is 6.31. The first-order valence-electron chi connectivity index (χ1n) is 6.18. The van der Waals surface area contributed by atoms with Gasteiger partial charge in [0.25, 0.3) is 0 Å². The molecule has 0 radical (unpaired) electrons. The van der Waals surface area contributed by atoms with Crippen molar-refractivity contribution in [3.8, 4) is 11.5 Å². The summed E-state index contributed by atoms with van der Waals surface area (Å²) in [5, 5.41) is 4.00. The first-order valence-corrected chi connectivity index (χ1v) is 6.56. The number of benzene rings is 1. The van der Waals surface area contributed by atoms with E-state index in [9.17, 15) is 0 Å². The highest BCUT2D eigenvalue weighted by Crippen LogP contribution is 2.42. The van der Waals surface area contributed by atoms with Gasteiger partial charge in [0.15, 0.2) is 11.5 Å². The van der Waals surface area contributed by atoms with Crippen molar-refractivity contribution in [2.24, 2.45) is 0 Å². The molecule has 2 aliphatic rings. The van der Waals surface area contributed by atoms with Crippen LogP contribution in [0.1, 0.15) is 17.2 Å². The molecule has 1 saturated heterocycles. The molecule has 1 unspecified atom stereocenters. The summed E-state index contributed by atoms with van der Waals surface area (Å²) < 4.78 is 17.0. The van der Waals surface area contributed by atoms with E-state index in [0.29, 0.717) is 24.8 Å². The Kier molecular flexibility index (Phi) is 3.33. The van der Waals surface area contributed by atoms with Crippen LogP contribution in [0.4, 0.5) is 0 Å². The van der Waals surface area contributed by atoms with Crippen molar-refractivity contribution < 1.29 is 14.2 Å². The molecular weight excluding hydrogens is 254 g/mol. The number of rotatable bonds is 1. The first kappa shape index (κ1) is 12.1. The SMILES string of the molecule is Cc1c2c(cc(Cl)c1C1CNCCO1)OCCO2. The molecular formula is C13H16ClNO3. The molecule has 2 aliphatic heterocycles. The molecule has 1 aromatic carbocycles. The molecule has 1 N–H and O–H groups in total. The van der Waals surface area contributed by atoms with Crippen LogP contribution < -0.4 is 14.8 Å². The molecule has 4 nitrogen and oxygen atoms in total. The fourth-order valence-electron chi connectivity index (χ4n) is 2.47. The van der Waals surface area contributed by atoms with Gasteiger partial charge in [0, 0.05) is 30.3 Å². The van der Waals surface area contributed by atoms with Gasteiger partial charge in [0.2, 0.25) is 0 Å². The fraction of sp³-hybridized carbons (Fsp3) is 0.538. The lowest BCUT2D eigenvalue weighted by atomic mass is 10.0. The van der Waals surface area contributed by atoms with Crippen molar-refractivity contribution in [1.82, 2.24) is 5.32 Å². The Morgan fingerprint density at radius 2 is 2.11 bits per heavy atom. The Morgan fingerprint density at radius 1 is 1.28 bits per heavy atom. The largest absolute Gasteiger partial charge is 0.486 e. The monoisotopic (exact) mass is 269 g/mol. The zero-order chi connectivity index (χ0) is 12.5. The highest BCUT2D eigenvalue weighted by atomic mass is 35.5. The van der Waals surface area contributed by atoms with Crippen LogP contribution in [0.15, 0.2) is 6.07 Å². The number of nitrogens with one attached hydrogen (secondary N) is 1. The Bertz CT molecular complexity index is 458. The van der Waals surface area contributed by atoms with Gasteiger partial charge in [0.1, 0.15) is 13.2 Å². The topological polar surface area (TPSA) is 39.7 Å². The smallest absolute Gasteiger partial charge is 0.164 e. The minimum absolute atomic E-state index is 0.0120. The first-order chi connectivity index (χ1) is 8.77. The molecule has 0 aliphatic carbocycles.